The molecule has 0 unspecified atom stereocenters. The highest BCUT2D eigenvalue weighted by Crippen LogP contribution is 2.20. The van der Waals surface area contributed by atoms with Gasteiger partial charge in [0.05, 0.1) is 5.92 Å². The molecule has 0 spiro atoms. The molecule has 92 valence electrons. The summed E-state index contributed by atoms with van der Waals surface area (Å²) in [5, 5.41) is 6.12. The van der Waals surface area contributed by atoms with E-state index in [2.05, 4.69) is 38.5 Å². The van der Waals surface area contributed by atoms with Gasteiger partial charge >= 0.3 is 0 Å². The van der Waals surface area contributed by atoms with Crippen molar-refractivity contribution in [1.82, 2.24) is 10.3 Å². The maximum atomic E-state index is 12.1. The van der Waals surface area contributed by atoms with E-state index in [0.29, 0.717) is 11.7 Å². The number of amides is 1. The summed E-state index contributed by atoms with van der Waals surface area (Å²) in [7, 11) is 0. The minimum atomic E-state index is 0.0415. The van der Waals surface area contributed by atoms with E-state index in [1.54, 1.807) is 6.20 Å². The second-order valence-electron chi connectivity index (χ2n) is 4.55. The number of aromatic nitrogens is 1. The van der Waals surface area contributed by atoms with Crippen LogP contribution in [0.5, 0.6) is 0 Å². The molecule has 0 aromatic carbocycles. The van der Waals surface area contributed by atoms with Gasteiger partial charge in [0.2, 0.25) is 5.91 Å². The van der Waals surface area contributed by atoms with E-state index in [1.807, 2.05) is 13.0 Å². The minimum absolute atomic E-state index is 0.0415. The van der Waals surface area contributed by atoms with Crippen LogP contribution in [0.15, 0.2) is 16.7 Å². The number of carbonyl (C=O) groups is 1. The van der Waals surface area contributed by atoms with Crippen molar-refractivity contribution in [3.63, 3.8) is 0 Å². The predicted molar refractivity (Wildman–Crippen MR) is 70.8 cm³/mol. The lowest BCUT2D eigenvalue weighted by Crippen LogP contribution is -2.28. The Morgan fingerprint density at radius 3 is 2.94 bits per heavy atom. The molecule has 2 atom stereocenters. The van der Waals surface area contributed by atoms with Gasteiger partial charge in [0, 0.05) is 17.2 Å². The second kappa shape index (κ2) is 5.14. The van der Waals surface area contributed by atoms with E-state index < -0.39 is 0 Å². The van der Waals surface area contributed by atoms with E-state index in [0.717, 1.165) is 23.1 Å². The standard InChI is InChI=1S/C12H16BrN3O/c1-7-3-9(13)5-15-11(7)16-12(17)10-6-14-4-8(10)2/h3,5,8,10,14H,4,6H2,1-2H3,(H,15,16,17)/t8-,10-/m1/s1. The third-order valence-corrected chi connectivity index (χ3v) is 3.57. The van der Waals surface area contributed by atoms with Crippen LogP contribution >= 0.6 is 15.9 Å². The summed E-state index contributed by atoms with van der Waals surface area (Å²) in [5.41, 5.74) is 0.964. The molecule has 0 aliphatic carbocycles. The fraction of sp³-hybridized carbons (Fsp3) is 0.500. The highest BCUT2D eigenvalue weighted by atomic mass is 79.9. The van der Waals surface area contributed by atoms with Crippen molar-refractivity contribution >= 4 is 27.7 Å². The van der Waals surface area contributed by atoms with Gasteiger partial charge in [0.1, 0.15) is 5.82 Å². The SMILES string of the molecule is Cc1cc(Br)cnc1NC(=O)[C@@H]1CNC[C@H]1C. The fourth-order valence-corrected chi connectivity index (χ4v) is 2.49. The van der Waals surface area contributed by atoms with E-state index in [9.17, 15) is 4.79 Å². The van der Waals surface area contributed by atoms with Crippen molar-refractivity contribution in [3.8, 4) is 0 Å². The molecule has 1 saturated heterocycles. The van der Waals surface area contributed by atoms with E-state index in [4.69, 9.17) is 0 Å². The molecule has 1 aliphatic heterocycles. The van der Waals surface area contributed by atoms with Gasteiger partial charge in [-0.05, 0) is 46.9 Å². The second-order valence-corrected chi connectivity index (χ2v) is 5.47. The first-order valence-corrected chi connectivity index (χ1v) is 6.51. The Bertz CT molecular complexity index is 436. The number of pyridine rings is 1. The normalized spacial score (nSPS) is 23.7. The van der Waals surface area contributed by atoms with Crippen LogP contribution in [0.1, 0.15) is 12.5 Å². The number of rotatable bonds is 2. The van der Waals surface area contributed by atoms with Gasteiger partial charge in [0.15, 0.2) is 0 Å². The van der Waals surface area contributed by atoms with Crippen LogP contribution in [0.4, 0.5) is 5.82 Å². The van der Waals surface area contributed by atoms with Crippen molar-refractivity contribution in [3.05, 3.63) is 22.3 Å². The maximum Gasteiger partial charge on any atom is 0.230 e. The van der Waals surface area contributed by atoms with E-state index >= 15 is 0 Å². The topological polar surface area (TPSA) is 54.0 Å². The lowest BCUT2D eigenvalue weighted by Gasteiger charge is -2.14. The third kappa shape index (κ3) is 2.84. The van der Waals surface area contributed by atoms with E-state index in [1.165, 1.54) is 0 Å². The highest BCUT2D eigenvalue weighted by Gasteiger charge is 2.29. The molecular weight excluding hydrogens is 282 g/mol. The monoisotopic (exact) mass is 297 g/mol. The average molecular weight is 298 g/mol. The average Bonchev–Trinajstić information content (AvgIpc) is 2.68. The summed E-state index contributed by atoms with van der Waals surface area (Å²) in [6.07, 6.45) is 1.69. The van der Waals surface area contributed by atoms with Gasteiger partial charge in [-0.15, -0.1) is 0 Å². The fourth-order valence-electron chi connectivity index (χ4n) is 2.04. The number of anilines is 1. The number of halogens is 1. The van der Waals surface area contributed by atoms with Crippen LogP contribution in [0.2, 0.25) is 0 Å². The zero-order valence-electron chi connectivity index (χ0n) is 9.96. The Morgan fingerprint density at radius 2 is 2.35 bits per heavy atom. The molecule has 2 N–H and O–H groups in total. The summed E-state index contributed by atoms with van der Waals surface area (Å²) >= 11 is 3.35. The number of hydrogen-bond donors (Lipinski definition) is 2. The lowest BCUT2D eigenvalue weighted by atomic mass is 9.97. The number of nitrogens with zero attached hydrogens (tertiary/aromatic N) is 1. The van der Waals surface area contributed by atoms with Crippen LogP contribution < -0.4 is 10.6 Å². The first kappa shape index (κ1) is 12.5. The number of nitrogens with one attached hydrogen (secondary N) is 2. The molecule has 1 fully saturated rings. The van der Waals surface area contributed by atoms with Crippen LogP contribution in [-0.2, 0) is 4.79 Å². The minimum Gasteiger partial charge on any atom is -0.316 e. The molecule has 2 rings (SSSR count). The Labute approximate surface area is 109 Å². The van der Waals surface area contributed by atoms with Gasteiger partial charge < -0.3 is 10.6 Å². The number of hydrogen-bond acceptors (Lipinski definition) is 3. The maximum absolute atomic E-state index is 12.1. The smallest absolute Gasteiger partial charge is 0.230 e. The Balaban J connectivity index is 2.07. The van der Waals surface area contributed by atoms with Crippen molar-refractivity contribution in [2.75, 3.05) is 18.4 Å². The Kier molecular flexibility index (Phi) is 3.79. The molecule has 1 aromatic heterocycles. The molecule has 0 bridgehead atoms. The molecule has 0 radical (unpaired) electrons. The van der Waals surface area contributed by atoms with E-state index in [-0.39, 0.29) is 11.8 Å². The van der Waals surface area contributed by atoms with Gasteiger partial charge in [-0.1, -0.05) is 6.92 Å². The zero-order valence-corrected chi connectivity index (χ0v) is 11.5. The molecule has 17 heavy (non-hydrogen) atoms. The lowest BCUT2D eigenvalue weighted by molar-refractivity contribution is -0.120. The Morgan fingerprint density at radius 1 is 1.59 bits per heavy atom. The molecule has 1 aromatic rings. The van der Waals surface area contributed by atoms with Gasteiger partial charge in [0.25, 0.3) is 0 Å². The molecule has 1 aliphatic rings. The number of aryl methyl sites for hydroxylation is 1. The summed E-state index contributed by atoms with van der Waals surface area (Å²) in [4.78, 5) is 16.3. The molecular formula is C12H16BrN3O. The largest absolute Gasteiger partial charge is 0.316 e. The van der Waals surface area contributed by atoms with Gasteiger partial charge in [-0.3, -0.25) is 4.79 Å². The van der Waals surface area contributed by atoms with Gasteiger partial charge in [-0.25, -0.2) is 4.98 Å². The molecule has 4 nitrogen and oxygen atoms in total. The number of carbonyl (C=O) groups excluding carboxylic acids is 1. The predicted octanol–water partition coefficient (Wildman–Crippen LogP) is 1.95. The highest BCUT2D eigenvalue weighted by molar-refractivity contribution is 9.10. The quantitative estimate of drug-likeness (QED) is 0.877. The summed E-state index contributed by atoms with van der Waals surface area (Å²) in [6.45, 7) is 5.68. The van der Waals surface area contributed by atoms with Crippen LogP contribution in [0, 0.1) is 18.8 Å². The Hall–Kier alpha value is -0.940. The molecule has 5 heteroatoms. The third-order valence-electron chi connectivity index (χ3n) is 3.14. The van der Waals surface area contributed by atoms with Crippen molar-refractivity contribution in [2.24, 2.45) is 11.8 Å². The zero-order chi connectivity index (χ0) is 12.4. The molecule has 0 saturated carbocycles. The van der Waals surface area contributed by atoms with Crippen LogP contribution in [0.3, 0.4) is 0 Å². The van der Waals surface area contributed by atoms with Crippen molar-refractivity contribution in [2.45, 2.75) is 13.8 Å². The van der Waals surface area contributed by atoms with Crippen LogP contribution in [0.25, 0.3) is 0 Å². The summed E-state index contributed by atoms with van der Waals surface area (Å²) < 4.78 is 0.920. The summed E-state index contributed by atoms with van der Waals surface area (Å²) in [5.74, 6) is 1.13. The molecule has 2 heterocycles. The molecule has 1 amide bonds. The first-order chi connectivity index (χ1) is 8.08. The van der Waals surface area contributed by atoms with Crippen molar-refractivity contribution in [1.29, 1.82) is 0 Å². The summed E-state index contributed by atoms with van der Waals surface area (Å²) in [6, 6.07) is 1.94. The van der Waals surface area contributed by atoms with Crippen LogP contribution in [-0.4, -0.2) is 24.0 Å². The van der Waals surface area contributed by atoms with Gasteiger partial charge in [-0.2, -0.15) is 0 Å². The van der Waals surface area contributed by atoms with Crippen molar-refractivity contribution < 1.29 is 4.79 Å². The first-order valence-electron chi connectivity index (χ1n) is 5.71.